The Kier molecular flexibility index (Phi) is 7.98. The summed E-state index contributed by atoms with van der Waals surface area (Å²) in [6, 6.07) is 8.86. The van der Waals surface area contributed by atoms with Crippen LogP contribution in [-0.2, 0) is 6.54 Å². The van der Waals surface area contributed by atoms with Crippen molar-refractivity contribution in [3.05, 3.63) is 35.4 Å². The molecule has 0 fully saturated rings. The van der Waals surface area contributed by atoms with Crippen molar-refractivity contribution in [3.8, 4) is 0 Å². The maximum atomic E-state index is 3.63. The molecule has 0 atom stereocenters. The van der Waals surface area contributed by atoms with Gasteiger partial charge < -0.3 is 10.2 Å². The van der Waals surface area contributed by atoms with E-state index < -0.39 is 0 Å². The maximum absolute atomic E-state index is 3.63. The van der Waals surface area contributed by atoms with E-state index in [1.807, 2.05) is 0 Å². The molecular weight excluding hydrogens is 256 g/mol. The molecule has 1 N–H and O–H groups in total. The molecule has 0 aliphatic rings. The quantitative estimate of drug-likeness (QED) is 0.649. The van der Waals surface area contributed by atoms with Crippen LogP contribution >= 0.6 is 0 Å². The van der Waals surface area contributed by atoms with Gasteiger partial charge in [0, 0.05) is 19.6 Å². The van der Waals surface area contributed by atoms with Crippen molar-refractivity contribution in [2.75, 3.05) is 26.7 Å². The average molecular weight is 290 g/mol. The first-order valence-electron chi connectivity index (χ1n) is 8.50. The molecule has 0 aromatic heterocycles. The Hall–Kier alpha value is -0.860. The van der Waals surface area contributed by atoms with E-state index in [9.17, 15) is 0 Å². The lowest BCUT2D eigenvalue weighted by Gasteiger charge is -2.36. The average Bonchev–Trinajstić information content (AvgIpc) is 2.46. The number of nitrogens with zero attached hydrogens (tertiary/aromatic N) is 1. The molecular formula is C19H34N2. The van der Waals surface area contributed by atoms with E-state index in [1.165, 1.54) is 30.4 Å². The molecule has 0 heterocycles. The third-order valence-corrected chi connectivity index (χ3v) is 4.57. The summed E-state index contributed by atoms with van der Waals surface area (Å²) in [5.74, 6) is 0. The van der Waals surface area contributed by atoms with Crippen LogP contribution in [0.25, 0.3) is 0 Å². The van der Waals surface area contributed by atoms with Gasteiger partial charge in [0.1, 0.15) is 0 Å². The van der Waals surface area contributed by atoms with Gasteiger partial charge in [-0.05, 0) is 50.8 Å². The van der Waals surface area contributed by atoms with Crippen molar-refractivity contribution < 1.29 is 0 Å². The first kappa shape index (κ1) is 18.2. The molecule has 2 nitrogen and oxygen atoms in total. The Bertz CT molecular complexity index is 396. The first-order chi connectivity index (χ1) is 10.0. The number of aryl methyl sites for hydroxylation is 1. The van der Waals surface area contributed by atoms with E-state index in [-0.39, 0.29) is 0 Å². The molecule has 0 aliphatic heterocycles. The lowest BCUT2D eigenvalue weighted by Crippen LogP contribution is -2.42. The van der Waals surface area contributed by atoms with Gasteiger partial charge in [-0.3, -0.25) is 0 Å². The molecule has 0 saturated heterocycles. The molecule has 0 saturated carbocycles. The van der Waals surface area contributed by atoms with Crippen LogP contribution in [0.2, 0.25) is 0 Å². The van der Waals surface area contributed by atoms with E-state index in [2.05, 4.69) is 69.2 Å². The number of hydrogen-bond donors (Lipinski definition) is 1. The normalized spacial score (nSPS) is 12.1. The number of rotatable bonds is 10. The van der Waals surface area contributed by atoms with Crippen LogP contribution in [0.4, 0.5) is 0 Å². The number of nitrogens with one attached hydrogen (secondary N) is 1. The van der Waals surface area contributed by atoms with Crippen LogP contribution in [-0.4, -0.2) is 31.6 Å². The van der Waals surface area contributed by atoms with Gasteiger partial charge in [0.2, 0.25) is 0 Å². The monoisotopic (exact) mass is 290 g/mol. The smallest absolute Gasteiger partial charge is 0.0231 e. The molecule has 1 aromatic carbocycles. The fourth-order valence-corrected chi connectivity index (χ4v) is 3.06. The molecule has 0 amide bonds. The predicted molar refractivity (Wildman–Crippen MR) is 93.7 cm³/mol. The van der Waals surface area contributed by atoms with E-state index in [1.54, 1.807) is 0 Å². The van der Waals surface area contributed by atoms with Crippen LogP contribution in [0.15, 0.2) is 24.3 Å². The van der Waals surface area contributed by atoms with Gasteiger partial charge in [-0.15, -0.1) is 0 Å². The van der Waals surface area contributed by atoms with Gasteiger partial charge in [-0.25, -0.2) is 0 Å². The minimum atomic E-state index is 0.397. The SMILES string of the molecule is CCCNCC(CC)(CC)CN(C)Cc1cccc(C)c1. The Morgan fingerprint density at radius 2 is 1.86 bits per heavy atom. The second-order valence-corrected chi connectivity index (χ2v) is 6.55. The molecule has 21 heavy (non-hydrogen) atoms. The Balaban J connectivity index is 2.60. The summed E-state index contributed by atoms with van der Waals surface area (Å²) in [5, 5.41) is 3.63. The van der Waals surface area contributed by atoms with Gasteiger partial charge in [-0.1, -0.05) is 50.6 Å². The number of benzene rings is 1. The highest BCUT2D eigenvalue weighted by atomic mass is 15.1. The van der Waals surface area contributed by atoms with E-state index in [0.717, 1.165) is 26.2 Å². The van der Waals surface area contributed by atoms with Crippen molar-refractivity contribution in [2.24, 2.45) is 5.41 Å². The molecule has 0 unspecified atom stereocenters. The molecule has 0 aliphatic carbocycles. The Morgan fingerprint density at radius 3 is 2.43 bits per heavy atom. The van der Waals surface area contributed by atoms with E-state index in [0.29, 0.717) is 5.41 Å². The van der Waals surface area contributed by atoms with Crippen LogP contribution in [0, 0.1) is 12.3 Å². The lowest BCUT2D eigenvalue weighted by atomic mass is 9.81. The summed E-state index contributed by atoms with van der Waals surface area (Å²) in [7, 11) is 2.25. The molecule has 1 rings (SSSR count). The standard InChI is InChI=1S/C19H34N2/c1-6-12-20-15-19(7-2,8-3)16-21(5)14-18-11-9-10-17(4)13-18/h9-11,13,20H,6-8,12,14-16H2,1-5H3. The minimum Gasteiger partial charge on any atom is -0.316 e. The van der Waals surface area contributed by atoms with Gasteiger partial charge in [-0.2, -0.15) is 0 Å². The highest BCUT2D eigenvalue weighted by molar-refractivity contribution is 5.22. The zero-order chi connectivity index (χ0) is 15.7. The second-order valence-electron chi connectivity index (χ2n) is 6.55. The summed E-state index contributed by atoms with van der Waals surface area (Å²) in [6.07, 6.45) is 3.68. The van der Waals surface area contributed by atoms with Gasteiger partial charge in [0.05, 0.1) is 0 Å². The summed E-state index contributed by atoms with van der Waals surface area (Å²) in [4.78, 5) is 2.48. The molecule has 2 heteroatoms. The van der Waals surface area contributed by atoms with Crippen LogP contribution in [0.1, 0.15) is 51.2 Å². The fourth-order valence-electron chi connectivity index (χ4n) is 3.06. The van der Waals surface area contributed by atoms with Crippen molar-refractivity contribution in [3.63, 3.8) is 0 Å². The zero-order valence-corrected chi connectivity index (χ0v) is 14.7. The van der Waals surface area contributed by atoms with Gasteiger partial charge >= 0.3 is 0 Å². The topological polar surface area (TPSA) is 15.3 Å². The summed E-state index contributed by atoms with van der Waals surface area (Å²) >= 11 is 0. The predicted octanol–water partition coefficient (Wildman–Crippen LogP) is 4.23. The molecule has 1 aromatic rings. The fraction of sp³-hybridized carbons (Fsp3) is 0.684. The maximum Gasteiger partial charge on any atom is 0.0231 e. The summed E-state index contributed by atoms with van der Waals surface area (Å²) < 4.78 is 0. The van der Waals surface area contributed by atoms with Crippen LogP contribution in [0.5, 0.6) is 0 Å². The zero-order valence-electron chi connectivity index (χ0n) is 14.7. The minimum absolute atomic E-state index is 0.397. The van der Waals surface area contributed by atoms with Crippen LogP contribution in [0.3, 0.4) is 0 Å². The first-order valence-corrected chi connectivity index (χ1v) is 8.50. The summed E-state index contributed by atoms with van der Waals surface area (Å²) in [5.41, 5.74) is 3.16. The van der Waals surface area contributed by atoms with Crippen molar-refractivity contribution >= 4 is 0 Å². The molecule has 0 spiro atoms. The number of hydrogen-bond acceptors (Lipinski definition) is 2. The second kappa shape index (κ2) is 9.22. The van der Waals surface area contributed by atoms with Gasteiger partial charge in [0.15, 0.2) is 0 Å². The largest absolute Gasteiger partial charge is 0.316 e. The molecule has 0 radical (unpaired) electrons. The summed E-state index contributed by atoms with van der Waals surface area (Å²) in [6.45, 7) is 13.5. The van der Waals surface area contributed by atoms with E-state index >= 15 is 0 Å². The Morgan fingerprint density at radius 1 is 1.14 bits per heavy atom. The highest BCUT2D eigenvalue weighted by Gasteiger charge is 2.27. The van der Waals surface area contributed by atoms with Crippen molar-refractivity contribution in [1.82, 2.24) is 10.2 Å². The third kappa shape index (κ3) is 6.19. The van der Waals surface area contributed by atoms with Gasteiger partial charge in [0.25, 0.3) is 0 Å². The van der Waals surface area contributed by atoms with Crippen molar-refractivity contribution in [1.29, 1.82) is 0 Å². The lowest BCUT2D eigenvalue weighted by molar-refractivity contribution is 0.151. The highest BCUT2D eigenvalue weighted by Crippen LogP contribution is 2.27. The molecule has 120 valence electrons. The van der Waals surface area contributed by atoms with E-state index in [4.69, 9.17) is 0 Å². The van der Waals surface area contributed by atoms with Crippen molar-refractivity contribution in [2.45, 2.75) is 53.5 Å². The molecule has 0 bridgehead atoms. The Labute approximate surface area is 131 Å². The van der Waals surface area contributed by atoms with Crippen LogP contribution < -0.4 is 5.32 Å². The third-order valence-electron chi connectivity index (χ3n) is 4.57.